The molecule has 0 aliphatic heterocycles. The van der Waals surface area contributed by atoms with E-state index in [1.165, 1.54) is 21.5 Å². The first-order valence-corrected chi connectivity index (χ1v) is 27.9. The third kappa shape index (κ3) is 8.74. The van der Waals surface area contributed by atoms with E-state index < -0.39 is 0 Å². The van der Waals surface area contributed by atoms with Gasteiger partial charge in [0.05, 0.1) is 27.8 Å². The molecular weight excluding hydrogens is 995 g/mol. The van der Waals surface area contributed by atoms with E-state index in [0.717, 1.165) is 112 Å². The Kier molecular flexibility index (Phi) is 12.1. The Labute approximate surface area is 476 Å². The summed E-state index contributed by atoms with van der Waals surface area (Å²) < 4.78 is 4.80. The van der Waals surface area contributed by atoms with Gasteiger partial charge in [-0.2, -0.15) is 0 Å². The number of hydrogen-bond donors (Lipinski definition) is 0. The lowest BCUT2D eigenvalue weighted by atomic mass is 9.93. The fourth-order valence-corrected chi connectivity index (χ4v) is 12.0. The Bertz CT molecular complexity index is 4410. The maximum Gasteiger partial charge on any atom is 0.0702 e. The number of aromatic nitrogens is 3. The highest BCUT2D eigenvalue weighted by Crippen LogP contribution is 2.43. The van der Waals surface area contributed by atoms with E-state index >= 15 is 0 Å². The van der Waals surface area contributed by atoms with Crippen LogP contribution in [0.5, 0.6) is 0 Å². The largest absolute Gasteiger partial charge is 0.310 e. The summed E-state index contributed by atoms with van der Waals surface area (Å²) in [6.45, 7) is 0. The van der Waals surface area contributed by atoms with Crippen LogP contribution >= 0.6 is 0 Å². The van der Waals surface area contributed by atoms with Gasteiger partial charge in [0.15, 0.2) is 0 Å². The van der Waals surface area contributed by atoms with Crippen LogP contribution in [0.15, 0.2) is 322 Å². The Balaban J connectivity index is 0.808. The normalized spacial score (nSPS) is 11.4. The second kappa shape index (κ2) is 20.7. The average Bonchev–Trinajstić information content (AvgIpc) is 3.89. The summed E-state index contributed by atoms with van der Waals surface area (Å²) in [6.07, 6.45) is 2.01. The van der Waals surface area contributed by atoms with Gasteiger partial charge in [-0.3, -0.25) is 4.98 Å². The Hall–Kier alpha value is -11.0. The average molecular weight is 1050 g/mol. The molecule has 0 N–H and O–H groups in total. The van der Waals surface area contributed by atoms with E-state index in [4.69, 9.17) is 4.98 Å². The molecule has 5 heteroatoms. The van der Waals surface area contributed by atoms with E-state index in [9.17, 15) is 0 Å². The van der Waals surface area contributed by atoms with Crippen LogP contribution in [0.3, 0.4) is 0 Å². The lowest BCUT2D eigenvalue weighted by molar-refractivity contribution is 1.18. The third-order valence-electron chi connectivity index (χ3n) is 15.9. The second-order valence-electron chi connectivity index (χ2n) is 20.8. The quantitative estimate of drug-likeness (QED) is 0.122. The van der Waals surface area contributed by atoms with Gasteiger partial charge in [-0.1, -0.05) is 170 Å². The molecule has 15 rings (SSSR count). The van der Waals surface area contributed by atoms with E-state index in [-0.39, 0.29) is 0 Å². The highest BCUT2D eigenvalue weighted by Gasteiger charge is 2.20. The van der Waals surface area contributed by atoms with Gasteiger partial charge in [-0.15, -0.1) is 0 Å². The van der Waals surface area contributed by atoms with Crippen molar-refractivity contribution >= 4 is 77.7 Å². The fraction of sp³-hybridized carbons (Fsp3) is 0. The van der Waals surface area contributed by atoms with Gasteiger partial charge in [-0.25, -0.2) is 0 Å². The molecule has 0 unspecified atom stereocenters. The molecule has 3 heterocycles. The zero-order valence-electron chi connectivity index (χ0n) is 44.8. The summed E-state index contributed by atoms with van der Waals surface area (Å²) in [6, 6.07) is 114. The van der Waals surface area contributed by atoms with E-state index in [1.807, 2.05) is 12.3 Å². The molecule has 0 amide bonds. The number of rotatable bonds is 12. The number of benzene rings is 12. The highest BCUT2D eigenvalue weighted by atomic mass is 15.1. The molecule has 0 fully saturated rings. The second-order valence-corrected chi connectivity index (χ2v) is 20.8. The molecule has 5 nitrogen and oxygen atoms in total. The minimum atomic E-state index is 0.948. The maximum absolute atomic E-state index is 4.99. The molecule has 0 atom stereocenters. The standard InChI is InChI=1S/C77H53N5/c1-6-20-56(21-7-1)73-45-38-57(53-78-73)60-49-58(54-34-39-65(40-35-54)81-74-32-18-16-30-69(74)71-51-67(43-46-76(71)81)79(61-22-8-2-9-23-61)62-24-10-3-11-25-62)48-59(50-60)55-36-41-66(42-37-55)82-75-33-19-17-31-70(75)72-52-68(44-47-77(72)82)80(63-26-12-4-13-27-63)64-28-14-5-15-29-64/h1-53H. The number of para-hydroxylation sites is 6. The molecule has 15 aromatic rings. The first-order chi connectivity index (χ1) is 40.7. The van der Waals surface area contributed by atoms with Crippen LogP contribution in [0.4, 0.5) is 34.1 Å². The van der Waals surface area contributed by atoms with Gasteiger partial charge >= 0.3 is 0 Å². The van der Waals surface area contributed by atoms with Gasteiger partial charge in [0.2, 0.25) is 0 Å². The van der Waals surface area contributed by atoms with Crippen molar-refractivity contribution < 1.29 is 0 Å². The zero-order valence-corrected chi connectivity index (χ0v) is 44.8. The summed E-state index contributed by atoms with van der Waals surface area (Å²) in [5, 5.41) is 4.82. The smallest absolute Gasteiger partial charge is 0.0702 e. The Morgan fingerprint density at radius 1 is 0.220 bits per heavy atom. The maximum atomic E-state index is 4.99. The number of pyridine rings is 1. The summed E-state index contributed by atoms with van der Waals surface area (Å²) >= 11 is 0. The van der Waals surface area contributed by atoms with Gasteiger partial charge in [0.25, 0.3) is 0 Å². The van der Waals surface area contributed by atoms with E-state index in [2.05, 4.69) is 328 Å². The van der Waals surface area contributed by atoms with Crippen LogP contribution < -0.4 is 9.80 Å². The molecule has 386 valence electrons. The summed E-state index contributed by atoms with van der Waals surface area (Å²) in [5.74, 6) is 0. The van der Waals surface area contributed by atoms with Crippen molar-refractivity contribution in [1.29, 1.82) is 0 Å². The van der Waals surface area contributed by atoms with Gasteiger partial charge in [0, 0.05) is 84.4 Å². The van der Waals surface area contributed by atoms with Crippen molar-refractivity contribution in [3.8, 4) is 56.0 Å². The SMILES string of the molecule is c1ccc(-c2ccc(-c3cc(-c4ccc(-n5c6ccccc6c6cc(N(c7ccccc7)c7ccccc7)ccc65)cc4)cc(-c4ccc(-n5c6ccccc6c6cc(N(c7ccccc7)c7ccccc7)ccc65)cc4)c3)cn2)cc1. The minimum Gasteiger partial charge on any atom is -0.310 e. The summed E-state index contributed by atoms with van der Waals surface area (Å²) in [4.78, 5) is 9.65. The first-order valence-electron chi connectivity index (χ1n) is 27.9. The van der Waals surface area contributed by atoms with E-state index in [0.29, 0.717) is 0 Å². The third-order valence-corrected chi connectivity index (χ3v) is 15.9. The lowest BCUT2D eigenvalue weighted by Crippen LogP contribution is -2.09. The predicted molar refractivity (Wildman–Crippen MR) is 344 cm³/mol. The fourth-order valence-electron chi connectivity index (χ4n) is 12.0. The molecule has 0 saturated carbocycles. The van der Waals surface area contributed by atoms with Crippen molar-refractivity contribution in [2.75, 3.05) is 9.80 Å². The van der Waals surface area contributed by atoms with Crippen molar-refractivity contribution in [1.82, 2.24) is 14.1 Å². The van der Waals surface area contributed by atoms with Gasteiger partial charge < -0.3 is 18.9 Å². The Morgan fingerprint density at radius 2 is 0.561 bits per heavy atom. The van der Waals surface area contributed by atoms with Crippen LogP contribution in [-0.4, -0.2) is 14.1 Å². The van der Waals surface area contributed by atoms with Crippen molar-refractivity contribution in [2.45, 2.75) is 0 Å². The van der Waals surface area contributed by atoms with Gasteiger partial charge in [0.1, 0.15) is 0 Å². The molecule has 0 aliphatic carbocycles. The van der Waals surface area contributed by atoms with Gasteiger partial charge in [-0.05, 0) is 173 Å². The topological polar surface area (TPSA) is 29.2 Å². The first kappa shape index (κ1) is 48.1. The molecule has 0 aliphatic rings. The number of fused-ring (bicyclic) bond motifs is 6. The Morgan fingerprint density at radius 3 is 0.951 bits per heavy atom. The van der Waals surface area contributed by atoms with Crippen molar-refractivity contribution in [2.24, 2.45) is 0 Å². The molecule has 0 spiro atoms. The van der Waals surface area contributed by atoms with Crippen LogP contribution in [0, 0.1) is 0 Å². The van der Waals surface area contributed by atoms with Crippen LogP contribution in [0.2, 0.25) is 0 Å². The molecule has 82 heavy (non-hydrogen) atoms. The molecule has 0 bridgehead atoms. The minimum absolute atomic E-state index is 0.948. The zero-order chi connectivity index (χ0) is 54.3. The molecular formula is C77H53N5. The molecule has 3 aromatic heterocycles. The van der Waals surface area contributed by atoms with Crippen molar-refractivity contribution in [3.05, 3.63) is 322 Å². The molecule has 12 aromatic carbocycles. The van der Waals surface area contributed by atoms with Crippen molar-refractivity contribution in [3.63, 3.8) is 0 Å². The van der Waals surface area contributed by atoms with Crippen LogP contribution in [-0.2, 0) is 0 Å². The monoisotopic (exact) mass is 1050 g/mol. The lowest BCUT2D eigenvalue weighted by Gasteiger charge is -2.25. The van der Waals surface area contributed by atoms with E-state index in [1.54, 1.807) is 0 Å². The molecule has 0 saturated heterocycles. The summed E-state index contributed by atoms with van der Waals surface area (Å²) in [5.41, 5.74) is 22.2. The number of anilines is 6. The molecule has 0 radical (unpaired) electrons. The van der Waals surface area contributed by atoms with Crippen LogP contribution in [0.1, 0.15) is 0 Å². The number of hydrogen-bond acceptors (Lipinski definition) is 3. The van der Waals surface area contributed by atoms with Crippen LogP contribution in [0.25, 0.3) is 99.6 Å². The summed E-state index contributed by atoms with van der Waals surface area (Å²) in [7, 11) is 0. The highest BCUT2D eigenvalue weighted by molar-refractivity contribution is 6.12. The predicted octanol–water partition coefficient (Wildman–Crippen LogP) is 20.9. The number of nitrogens with zero attached hydrogens (tertiary/aromatic N) is 5.